The van der Waals surface area contributed by atoms with Crippen molar-refractivity contribution in [2.24, 2.45) is 0 Å². The molecule has 0 amide bonds. The molecule has 0 unspecified atom stereocenters. The third-order valence-corrected chi connectivity index (χ3v) is 5.32. The van der Waals surface area contributed by atoms with E-state index in [9.17, 15) is 14.4 Å². The van der Waals surface area contributed by atoms with Gasteiger partial charge in [-0.25, -0.2) is 4.57 Å². The number of thioether (sulfide) groups is 1. The molecule has 0 atom stereocenters. The molecule has 0 saturated carbocycles. The number of hydrogen-bond acceptors (Lipinski definition) is 2. The molecule has 1 aromatic carbocycles. The van der Waals surface area contributed by atoms with Crippen molar-refractivity contribution in [1.29, 1.82) is 0 Å². The molecule has 108 valence electrons. The highest BCUT2D eigenvalue weighted by molar-refractivity contribution is 7.98. The number of hydrogen-bond donors (Lipinski definition) is 2. The zero-order valence-electron chi connectivity index (χ0n) is 12.0. The smallest absolute Gasteiger partial charge is 0.308 e. The van der Waals surface area contributed by atoms with Gasteiger partial charge in [0.1, 0.15) is 0 Å². The second-order valence-electron chi connectivity index (χ2n) is 5.17. The molecule has 19 heavy (non-hydrogen) atoms. The fourth-order valence-corrected chi connectivity index (χ4v) is 3.86. The normalized spacial score (nSPS) is 12.6. The molecule has 0 saturated heterocycles. The van der Waals surface area contributed by atoms with Gasteiger partial charge in [-0.2, -0.15) is 0 Å². The second-order valence-corrected chi connectivity index (χ2v) is 7.44. The molecular formula is C13H22NO3PS. The summed E-state index contributed by atoms with van der Waals surface area (Å²) < 4.78 is 13.2. The summed E-state index contributed by atoms with van der Waals surface area (Å²) in [6, 6.07) is 5.69. The molecule has 0 fully saturated rings. The Kier molecular flexibility index (Phi) is 5.13. The highest BCUT2D eigenvalue weighted by Crippen LogP contribution is 2.52. The Bertz CT molecular complexity index is 499. The summed E-state index contributed by atoms with van der Waals surface area (Å²) in [6.45, 7) is 7.54. The molecule has 0 heterocycles. The first-order valence-corrected chi connectivity index (χ1v) is 8.93. The van der Waals surface area contributed by atoms with E-state index >= 15 is 0 Å². The molecule has 1 aromatic rings. The summed E-state index contributed by atoms with van der Waals surface area (Å²) >= 11 is 1.49. The third-order valence-electron chi connectivity index (χ3n) is 3.26. The van der Waals surface area contributed by atoms with Crippen molar-refractivity contribution >= 4 is 25.2 Å². The van der Waals surface area contributed by atoms with E-state index in [2.05, 4.69) is 0 Å². The summed E-state index contributed by atoms with van der Waals surface area (Å²) in [5.74, 6) is 0. The second kappa shape index (κ2) is 5.88. The number of benzene rings is 1. The Morgan fingerprint density at radius 2 is 1.95 bits per heavy atom. The van der Waals surface area contributed by atoms with Gasteiger partial charge in [0.25, 0.3) is 0 Å². The Morgan fingerprint density at radius 1 is 1.37 bits per heavy atom. The SMILES string of the molecule is CCC(C)(C)N(c1cc(C)ccc1SC)P(=O)(O)O. The van der Waals surface area contributed by atoms with Crippen LogP contribution in [0.5, 0.6) is 0 Å². The van der Waals surface area contributed by atoms with Gasteiger partial charge in [0.15, 0.2) is 0 Å². The third kappa shape index (κ3) is 3.76. The van der Waals surface area contributed by atoms with Crippen molar-refractivity contribution in [1.82, 2.24) is 0 Å². The summed E-state index contributed by atoms with van der Waals surface area (Å²) in [5.41, 5.74) is 0.975. The van der Waals surface area contributed by atoms with Gasteiger partial charge in [-0.1, -0.05) is 13.0 Å². The van der Waals surface area contributed by atoms with E-state index in [1.54, 1.807) is 0 Å². The van der Waals surface area contributed by atoms with Crippen LogP contribution >= 0.6 is 19.5 Å². The fraction of sp³-hybridized carbons (Fsp3) is 0.538. The van der Waals surface area contributed by atoms with Gasteiger partial charge in [0.05, 0.1) is 5.69 Å². The monoisotopic (exact) mass is 303 g/mol. The van der Waals surface area contributed by atoms with E-state index in [-0.39, 0.29) is 0 Å². The number of anilines is 1. The van der Waals surface area contributed by atoms with Gasteiger partial charge >= 0.3 is 7.75 Å². The minimum Gasteiger partial charge on any atom is -0.308 e. The van der Waals surface area contributed by atoms with Crippen molar-refractivity contribution in [3.05, 3.63) is 23.8 Å². The lowest BCUT2D eigenvalue weighted by Crippen LogP contribution is -2.41. The molecule has 0 radical (unpaired) electrons. The van der Waals surface area contributed by atoms with Gasteiger partial charge in [0.2, 0.25) is 0 Å². The summed E-state index contributed by atoms with van der Waals surface area (Å²) in [7, 11) is -4.38. The molecule has 0 aliphatic rings. The maximum Gasteiger partial charge on any atom is 0.430 e. The number of nitrogens with zero attached hydrogens (tertiary/aromatic N) is 1. The predicted octanol–water partition coefficient (Wildman–Crippen LogP) is 3.80. The van der Waals surface area contributed by atoms with Crippen LogP contribution in [-0.2, 0) is 4.57 Å². The Hall–Kier alpha value is -0.480. The van der Waals surface area contributed by atoms with Gasteiger partial charge in [0, 0.05) is 10.4 Å². The quantitative estimate of drug-likeness (QED) is 0.640. The van der Waals surface area contributed by atoms with Gasteiger partial charge < -0.3 is 9.79 Å². The highest BCUT2D eigenvalue weighted by atomic mass is 32.2. The van der Waals surface area contributed by atoms with E-state index in [0.29, 0.717) is 12.1 Å². The van der Waals surface area contributed by atoms with E-state index in [1.165, 1.54) is 16.4 Å². The average molecular weight is 303 g/mol. The van der Waals surface area contributed by atoms with Crippen molar-refractivity contribution in [2.75, 3.05) is 10.9 Å². The van der Waals surface area contributed by atoms with Crippen LogP contribution in [0.15, 0.2) is 23.1 Å². The first-order valence-electron chi connectivity index (χ1n) is 6.14. The van der Waals surface area contributed by atoms with E-state index in [0.717, 1.165) is 10.5 Å². The average Bonchev–Trinajstić information content (AvgIpc) is 2.27. The molecule has 4 nitrogen and oxygen atoms in total. The van der Waals surface area contributed by atoms with Crippen LogP contribution in [0.1, 0.15) is 32.8 Å². The van der Waals surface area contributed by atoms with Crippen LogP contribution in [0.3, 0.4) is 0 Å². The minimum absolute atomic E-state index is 0.604. The van der Waals surface area contributed by atoms with Crippen LogP contribution in [0, 0.1) is 6.92 Å². The molecule has 0 bridgehead atoms. The van der Waals surface area contributed by atoms with Crippen molar-refractivity contribution in [3.8, 4) is 0 Å². The first kappa shape index (κ1) is 16.6. The lowest BCUT2D eigenvalue weighted by molar-refractivity contribution is 0.344. The molecular weight excluding hydrogens is 281 g/mol. The Labute approximate surface area is 119 Å². The van der Waals surface area contributed by atoms with Crippen molar-refractivity contribution in [3.63, 3.8) is 0 Å². The van der Waals surface area contributed by atoms with E-state index in [1.807, 2.05) is 52.1 Å². The lowest BCUT2D eigenvalue weighted by atomic mass is 10.0. The number of rotatable bonds is 5. The van der Waals surface area contributed by atoms with Crippen LogP contribution in [0.4, 0.5) is 5.69 Å². The van der Waals surface area contributed by atoms with Crippen LogP contribution in [0.25, 0.3) is 0 Å². The van der Waals surface area contributed by atoms with E-state index in [4.69, 9.17) is 0 Å². The molecule has 0 spiro atoms. The minimum atomic E-state index is -4.38. The maximum atomic E-state index is 11.9. The van der Waals surface area contributed by atoms with Crippen LogP contribution in [-0.4, -0.2) is 21.6 Å². The summed E-state index contributed by atoms with van der Waals surface area (Å²) in [6.07, 6.45) is 2.55. The van der Waals surface area contributed by atoms with Gasteiger partial charge in [-0.05, 0) is 51.1 Å². The highest BCUT2D eigenvalue weighted by Gasteiger charge is 2.38. The van der Waals surface area contributed by atoms with Gasteiger partial charge in [-0.15, -0.1) is 11.8 Å². The lowest BCUT2D eigenvalue weighted by Gasteiger charge is -2.40. The van der Waals surface area contributed by atoms with Crippen LogP contribution < -0.4 is 4.67 Å². The molecule has 6 heteroatoms. The van der Waals surface area contributed by atoms with Crippen molar-refractivity contribution < 1.29 is 14.4 Å². The zero-order chi connectivity index (χ0) is 14.8. The standard InChI is InChI=1S/C13H22NO3PS/c1-6-13(3,4)14(18(15,16)17)11-9-10(2)7-8-12(11)19-5/h7-9H,6H2,1-5H3,(H2,15,16,17). The maximum absolute atomic E-state index is 11.9. The predicted molar refractivity (Wildman–Crippen MR) is 81.9 cm³/mol. The molecule has 0 aromatic heterocycles. The van der Waals surface area contributed by atoms with E-state index < -0.39 is 13.3 Å². The van der Waals surface area contributed by atoms with Crippen LogP contribution in [0.2, 0.25) is 0 Å². The van der Waals surface area contributed by atoms with Gasteiger partial charge in [-0.3, -0.25) is 4.67 Å². The Morgan fingerprint density at radius 3 is 2.37 bits per heavy atom. The molecule has 1 rings (SSSR count). The molecule has 2 N–H and O–H groups in total. The molecule has 0 aliphatic carbocycles. The summed E-state index contributed by atoms with van der Waals surface area (Å²) in [4.78, 5) is 20.3. The topological polar surface area (TPSA) is 60.8 Å². The molecule has 0 aliphatic heterocycles. The zero-order valence-corrected chi connectivity index (χ0v) is 13.8. The number of aryl methyl sites for hydroxylation is 1. The largest absolute Gasteiger partial charge is 0.430 e. The van der Waals surface area contributed by atoms with Crippen molar-refractivity contribution in [2.45, 2.75) is 44.6 Å². The Balaban J connectivity index is 3.50. The fourth-order valence-electron chi connectivity index (χ4n) is 1.93. The first-order chi connectivity index (χ1) is 8.63. The summed E-state index contributed by atoms with van der Waals surface area (Å²) in [5, 5.41) is 0.